The van der Waals surface area contributed by atoms with Crippen molar-refractivity contribution in [3.63, 3.8) is 0 Å². The molecule has 0 unspecified atom stereocenters. The number of carboxylic acid groups (broad SMARTS) is 1. The Bertz CT molecular complexity index is 473. The van der Waals surface area contributed by atoms with Crippen molar-refractivity contribution < 1.29 is 14.3 Å². The number of rotatable bonds is 2. The molecule has 2 aromatic heterocycles. The summed E-state index contributed by atoms with van der Waals surface area (Å²) in [6.07, 6.45) is 1.33. The molecule has 7 heteroatoms. The summed E-state index contributed by atoms with van der Waals surface area (Å²) in [4.78, 5) is 14.6. The van der Waals surface area contributed by atoms with E-state index in [0.29, 0.717) is 11.6 Å². The zero-order chi connectivity index (χ0) is 10.1. The standard InChI is InChI=1S/C7H6N4O3/c1-3-8-4(2-14-3)5-6(7(12)13)10-11-9-5/h2H,1H3,(H,12,13)(H,9,10,11). The highest BCUT2D eigenvalue weighted by atomic mass is 16.4. The van der Waals surface area contributed by atoms with Crippen molar-refractivity contribution in [1.82, 2.24) is 20.4 Å². The Kier molecular flexibility index (Phi) is 1.77. The van der Waals surface area contributed by atoms with Gasteiger partial charge in [0.15, 0.2) is 11.6 Å². The summed E-state index contributed by atoms with van der Waals surface area (Å²) < 4.78 is 4.94. The third-order valence-corrected chi connectivity index (χ3v) is 1.61. The number of aromatic nitrogens is 4. The van der Waals surface area contributed by atoms with Crippen LogP contribution >= 0.6 is 0 Å². The number of aryl methyl sites for hydroxylation is 1. The molecule has 2 aromatic rings. The maximum Gasteiger partial charge on any atom is 0.358 e. The Morgan fingerprint density at radius 2 is 2.36 bits per heavy atom. The summed E-state index contributed by atoms with van der Waals surface area (Å²) in [6.45, 7) is 1.66. The molecule has 0 saturated heterocycles. The van der Waals surface area contributed by atoms with Crippen LogP contribution in [-0.4, -0.2) is 31.5 Å². The first kappa shape index (κ1) is 8.42. The number of carbonyl (C=O) groups is 1. The summed E-state index contributed by atoms with van der Waals surface area (Å²) in [6, 6.07) is 0. The summed E-state index contributed by atoms with van der Waals surface area (Å²) >= 11 is 0. The van der Waals surface area contributed by atoms with E-state index in [1.54, 1.807) is 6.92 Å². The van der Waals surface area contributed by atoms with E-state index in [1.165, 1.54) is 6.26 Å². The number of carboxylic acids is 1. The van der Waals surface area contributed by atoms with Crippen LogP contribution in [0.1, 0.15) is 16.4 Å². The summed E-state index contributed by atoms with van der Waals surface area (Å²) in [5.41, 5.74) is 0.362. The topological polar surface area (TPSA) is 105 Å². The van der Waals surface area contributed by atoms with Crippen LogP contribution in [0.4, 0.5) is 0 Å². The normalized spacial score (nSPS) is 10.4. The average Bonchev–Trinajstić information content (AvgIpc) is 2.70. The molecule has 0 amide bonds. The summed E-state index contributed by atoms with van der Waals surface area (Å²) in [7, 11) is 0. The van der Waals surface area contributed by atoms with Crippen LogP contribution in [0.25, 0.3) is 11.4 Å². The van der Waals surface area contributed by atoms with Gasteiger partial charge in [-0.05, 0) is 0 Å². The molecule has 0 radical (unpaired) electrons. The molecule has 2 heterocycles. The lowest BCUT2D eigenvalue weighted by atomic mass is 10.2. The zero-order valence-electron chi connectivity index (χ0n) is 7.18. The van der Waals surface area contributed by atoms with Gasteiger partial charge in [0.2, 0.25) is 0 Å². The maximum atomic E-state index is 10.7. The second-order valence-electron chi connectivity index (χ2n) is 2.58. The molecule has 0 aromatic carbocycles. The minimum atomic E-state index is -1.16. The third kappa shape index (κ3) is 1.24. The summed E-state index contributed by atoms with van der Waals surface area (Å²) in [5, 5.41) is 18.1. The van der Waals surface area contributed by atoms with Crippen molar-refractivity contribution in [3.05, 3.63) is 17.8 Å². The van der Waals surface area contributed by atoms with Gasteiger partial charge in [-0.2, -0.15) is 10.3 Å². The number of aromatic amines is 1. The summed E-state index contributed by atoms with van der Waals surface area (Å²) in [5.74, 6) is -0.714. The fraction of sp³-hybridized carbons (Fsp3) is 0.143. The predicted octanol–water partition coefficient (Wildman–Crippen LogP) is 0.466. The molecule has 0 aliphatic carbocycles. The van der Waals surface area contributed by atoms with E-state index in [2.05, 4.69) is 20.4 Å². The van der Waals surface area contributed by atoms with Crippen molar-refractivity contribution in [2.45, 2.75) is 6.92 Å². The highest BCUT2D eigenvalue weighted by Crippen LogP contribution is 2.18. The van der Waals surface area contributed by atoms with Crippen LogP contribution in [0.5, 0.6) is 0 Å². The van der Waals surface area contributed by atoms with Crippen molar-refractivity contribution in [3.8, 4) is 11.4 Å². The lowest BCUT2D eigenvalue weighted by Gasteiger charge is -1.88. The first-order valence-electron chi connectivity index (χ1n) is 3.75. The molecule has 14 heavy (non-hydrogen) atoms. The Labute approximate surface area is 77.8 Å². The second kappa shape index (κ2) is 2.95. The Hall–Kier alpha value is -2.18. The maximum absolute atomic E-state index is 10.7. The van der Waals surface area contributed by atoms with Gasteiger partial charge >= 0.3 is 5.97 Å². The van der Waals surface area contributed by atoms with E-state index in [0.717, 1.165) is 0 Å². The highest BCUT2D eigenvalue weighted by Gasteiger charge is 2.19. The van der Waals surface area contributed by atoms with Crippen LogP contribution in [0.3, 0.4) is 0 Å². The average molecular weight is 194 g/mol. The molecule has 0 atom stereocenters. The number of aromatic carboxylic acids is 1. The van der Waals surface area contributed by atoms with Gasteiger partial charge in [-0.1, -0.05) is 0 Å². The van der Waals surface area contributed by atoms with E-state index in [-0.39, 0.29) is 11.4 Å². The van der Waals surface area contributed by atoms with Crippen LogP contribution in [0.2, 0.25) is 0 Å². The molecule has 7 nitrogen and oxygen atoms in total. The number of hydrogen-bond acceptors (Lipinski definition) is 5. The minimum Gasteiger partial charge on any atom is -0.476 e. The van der Waals surface area contributed by atoms with Crippen molar-refractivity contribution >= 4 is 5.97 Å². The molecule has 72 valence electrons. The first-order chi connectivity index (χ1) is 6.68. The van der Waals surface area contributed by atoms with Crippen molar-refractivity contribution in [1.29, 1.82) is 0 Å². The van der Waals surface area contributed by atoms with Gasteiger partial charge in [0.1, 0.15) is 17.7 Å². The number of H-pyrrole nitrogens is 1. The molecule has 0 aliphatic rings. The Morgan fingerprint density at radius 1 is 1.57 bits per heavy atom. The van der Waals surface area contributed by atoms with E-state index in [4.69, 9.17) is 9.52 Å². The van der Waals surface area contributed by atoms with Gasteiger partial charge in [0, 0.05) is 6.92 Å². The Balaban J connectivity index is 2.51. The minimum absolute atomic E-state index is 0.168. The van der Waals surface area contributed by atoms with Gasteiger partial charge < -0.3 is 9.52 Å². The molecule has 2 N–H and O–H groups in total. The van der Waals surface area contributed by atoms with E-state index >= 15 is 0 Å². The van der Waals surface area contributed by atoms with Gasteiger partial charge in [-0.25, -0.2) is 9.78 Å². The quantitative estimate of drug-likeness (QED) is 0.719. The van der Waals surface area contributed by atoms with E-state index in [1.807, 2.05) is 0 Å². The molecule has 0 spiro atoms. The SMILES string of the molecule is Cc1nc(-c2n[nH]nc2C(=O)O)co1. The largest absolute Gasteiger partial charge is 0.476 e. The highest BCUT2D eigenvalue weighted by molar-refractivity contribution is 5.91. The number of oxazole rings is 1. The van der Waals surface area contributed by atoms with E-state index in [9.17, 15) is 4.79 Å². The third-order valence-electron chi connectivity index (χ3n) is 1.61. The predicted molar refractivity (Wildman–Crippen MR) is 43.6 cm³/mol. The fourth-order valence-electron chi connectivity index (χ4n) is 1.03. The number of nitrogens with one attached hydrogen (secondary N) is 1. The first-order valence-corrected chi connectivity index (χ1v) is 3.75. The fourth-order valence-corrected chi connectivity index (χ4v) is 1.03. The smallest absolute Gasteiger partial charge is 0.358 e. The van der Waals surface area contributed by atoms with Gasteiger partial charge in [0.05, 0.1) is 0 Å². The number of nitrogens with zero attached hydrogens (tertiary/aromatic N) is 3. The van der Waals surface area contributed by atoms with Crippen LogP contribution in [0.15, 0.2) is 10.7 Å². The van der Waals surface area contributed by atoms with Gasteiger partial charge in [-0.3, -0.25) is 0 Å². The van der Waals surface area contributed by atoms with Crippen LogP contribution in [0, 0.1) is 6.92 Å². The van der Waals surface area contributed by atoms with E-state index < -0.39 is 5.97 Å². The van der Waals surface area contributed by atoms with Crippen LogP contribution < -0.4 is 0 Å². The zero-order valence-corrected chi connectivity index (χ0v) is 7.18. The molecular weight excluding hydrogens is 188 g/mol. The lowest BCUT2D eigenvalue weighted by molar-refractivity contribution is 0.0691. The van der Waals surface area contributed by atoms with Crippen molar-refractivity contribution in [2.75, 3.05) is 0 Å². The molecule has 2 rings (SSSR count). The van der Waals surface area contributed by atoms with Crippen molar-refractivity contribution in [2.24, 2.45) is 0 Å². The molecule has 0 saturated carbocycles. The second-order valence-corrected chi connectivity index (χ2v) is 2.58. The Morgan fingerprint density at radius 3 is 2.93 bits per heavy atom. The monoisotopic (exact) mass is 194 g/mol. The molecule has 0 bridgehead atoms. The number of hydrogen-bond donors (Lipinski definition) is 2. The molecular formula is C7H6N4O3. The lowest BCUT2D eigenvalue weighted by Crippen LogP contribution is -1.99. The molecule has 0 fully saturated rings. The van der Waals surface area contributed by atoms with Gasteiger partial charge in [-0.15, -0.1) is 5.10 Å². The molecule has 0 aliphatic heterocycles. The van der Waals surface area contributed by atoms with Crippen LogP contribution in [-0.2, 0) is 0 Å². The van der Waals surface area contributed by atoms with Gasteiger partial charge in [0.25, 0.3) is 0 Å².